The SMILES string of the molecule is CC1CCN(c2ccc(NC(=O)C3CCN(C(=O)C4CCC4)CC3)cc2)CC1. The van der Waals surface area contributed by atoms with E-state index >= 15 is 0 Å². The predicted molar refractivity (Wildman–Crippen MR) is 112 cm³/mol. The summed E-state index contributed by atoms with van der Waals surface area (Å²) in [6.07, 6.45) is 7.33. The van der Waals surface area contributed by atoms with Crippen LogP contribution in [0.5, 0.6) is 0 Å². The Hall–Kier alpha value is -2.04. The molecule has 152 valence electrons. The van der Waals surface area contributed by atoms with Crippen molar-refractivity contribution in [3.05, 3.63) is 24.3 Å². The van der Waals surface area contributed by atoms with E-state index in [1.165, 1.54) is 24.9 Å². The Morgan fingerprint density at radius 2 is 1.50 bits per heavy atom. The molecule has 1 aliphatic carbocycles. The van der Waals surface area contributed by atoms with Gasteiger partial charge in [0.1, 0.15) is 0 Å². The highest BCUT2D eigenvalue weighted by molar-refractivity contribution is 5.93. The van der Waals surface area contributed by atoms with Gasteiger partial charge in [0, 0.05) is 49.4 Å². The van der Waals surface area contributed by atoms with Gasteiger partial charge in [-0.2, -0.15) is 0 Å². The second kappa shape index (κ2) is 8.54. The van der Waals surface area contributed by atoms with E-state index in [1.54, 1.807) is 0 Å². The third-order valence-electron chi connectivity index (χ3n) is 6.92. The van der Waals surface area contributed by atoms with Crippen LogP contribution in [0.4, 0.5) is 11.4 Å². The van der Waals surface area contributed by atoms with Gasteiger partial charge in [-0.05, 0) is 68.7 Å². The van der Waals surface area contributed by atoms with Gasteiger partial charge in [0.05, 0.1) is 0 Å². The average molecular weight is 384 g/mol. The molecule has 2 amide bonds. The van der Waals surface area contributed by atoms with Crippen molar-refractivity contribution in [2.75, 3.05) is 36.4 Å². The molecule has 2 saturated heterocycles. The lowest BCUT2D eigenvalue weighted by atomic mass is 9.83. The van der Waals surface area contributed by atoms with Crippen molar-refractivity contribution in [2.24, 2.45) is 17.8 Å². The number of amides is 2. The fraction of sp³-hybridized carbons (Fsp3) is 0.652. The highest BCUT2D eigenvalue weighted by atomic mass is 16.2. The average Bonchev–Trinajstić information content (AvgIpc) is 2.68. The Morgan fingerprint density at radius 1 is 0.857 bits per heavy atom. The quantitative estimate of drug-likeness (QED) is 0.858. The van der Waals surface area contributed by atoms with Gasteiger partial charge in [0.2, 0.25) is 11.8 Å². The minimum absolute atomic E-state index is 0.00805. The summed E-state index contributed by atoms with van der Waals surface area (Å²) in [7, 11) is 0. The van der Waals surface area contributed by atoms with Gasteiger partial charge in [-0.25, -0.2) is 0 Å². The number of nitrogens with one attached hydrogen (secondary N) is 1. The number of piperidine rings is 2. The van der Waals surface area contributed by atoms with Crippen molar-refractivity contribution in [3.8, 4) is 0 Å². The van der Waals surface area contributed by atoms with Crippen molar-refractivity contribution in [2.45, 2.75) is 51.9 Å². The zero-order chi connectivity index (χ0) is 19.5. The number of hydrogen-bond acceptors (Lipinski definition) is 3. The molecule has 3 aliphatic rings. The van der Waals surface area contributed by atoms with Crippen LogP contribution in [0.3, 0.4) is 0 Å². The van der Waals surface area contributed by atoms with Gasteiger partial charge in [0.25, 0.3) is 0 Å². The molecule has 0 spiro atoms. The number of benzene rings is 1. The van der Waals surface area contributed by atoms with E-state index in [1.807, 2.05) is 17.0 Å². The van der Waals surface area contributed by atoms with E-state index < -0.39 is 0 Å². The first kappa shape index (κ1) is 19.3. The molecule has 2 aliphatic heterocycles. The summed E-state index contributed by atoms with van der Waals surface area (Å²) in [4.78, 5) is 29.4. The largest absolute Gasteiger partial charge is 0.372 e. The summed E-state index contributed by atoms with van der Waals surface area (Å²) in [5.74, 6) is 1.49. The second-order valence-electron chi connectivity index (χ2n) is 8.93. The highest BCUT2D eigenvalue weighted by Gasteiger charge is 2.33. The lowest BCUT2D eigenvalue weighted by molar-refractivity contribution is -0.140. The zero-order valence-electron chi connectivity index (χ0n) is 17.0. The molecule has 5 heteroatoms. The molecule has 1 aromatic carbocycles. The van der Waals surface area contributed by atoms with Gasteiger partial charge >= 0.3 is 0 Å². The molecule has 1 N–H and O–H groups in total. The lowest BCUT2D eigenvalue weighted by Gasteiger charge is -2.36. The number of likely N-dealkylation sites (tertiary alicyclic amines) is 1. The number of carbonyl (C=O) groups is 2. The fourth-order valence-electron chi connectivity index (χ4n) is 4.54. The molecule has 0 atom stereocenters. The molecule has 5 nitrogen and oxygen atoms in total. The first-order chi connectivity index (χ1) is 13.6. The van der Waals surface area contributed by atoms with E-state index in [-0.39, 0.29) is 17.7 Å². The van der Waals surface area contributed by atoms with Crippen molar-refractivity contribution in [3.63, 3.8) is 0 Å². The fourth-order valence-corrected chi connectivity index (χ4v) is 4.54. The van der Waals surface area contributed by atoms with Crippen LogP contribution in [-0.4, -0.2) is 42.9 Å². The summed E-state index contributed by atoms with van der Waals surface area (Å²) in [5, 5.41) is 3.08. The van der Waals surface area contributed by atoms with Crippen LogP contribution in [0.25, 0.3) is 0 Å². The molecule has 1 saturated carbocycles. The maximum Gasteiger partial charge on any atom is 0.227 e. The summed E-state index contributed by atoms with van der Waals surface area (Å²) in [6, 6.07) is 8.26. The zero-order valence-corrected chi connectivity index (χ0v) is 17.0. The monoisotopic (exact) mass is 383 g/mol. The minimum Gasteiger partial charge on any atom is -0.372 e. The smallest absolute Gasteiger partial charge is 0.227 e. The number of carbonyl (C=O) groups excluding carboxylic acids is 2. The number of anilines is 2. The molecule has 0 bridgehead atoms. The Labute approximate surface area is 168 Å². The molecule has 0 unspecified atom stereocenters. The van der Waals surface area contributed by atoms with Gasteiger partial charge in [-0.3, -0.25) is 9.59 Å². The van der Waals surface area contributed by atoms with Gasteiger partial charge < -0.3 is 15.1 Å². The molecule has 0 radical (unpaired) electrons. The summed E-state index contributed by atoms with van der Waals surface area (Å²) >= 11 is 0. The molecule has 3 fully saturated rings. The topological polar surface area (TPSA) is 52.7 Å². The number of nitrogens with zero attached hydrogens (tertiary/aromatic N) is 2. The van der Waals surface area contributed by atoms with Crippen molar-refractivity contribution in [1.82, 2.24) is 4.90 Å². The first-order valence-corrected chi connectivity index (χ1v) is 11.0. The Morgan fingerprint density at radius 3 is 2.07 bits per heavy atom. The maximum absolute atomic E-state index is 12.6. The Bertz CT molecular complexity index is 682. The normalized spacial score (nSPS) is 22.0. The number of hydrogen-bond donors (Lipinski definition) is 1. The summed E-state index contributed by atoms with van der Waals surface area (Å²) < 4.78 is 0. The van der Waals surface area contributed by atoms with Crippen LogP contribution < -0.4 is 10.2 Å². The Kier molecular flexibility index (Phi) is 5.88. The minimum atomic E-state index is 0.00805. The van der Waals surface area contributed by atoms with E-state index in [0.717, 1.165) is 63.5 Å². The van der Waals surface area contributed by atoms with E-state index in [0.29, 0.717) is 5.91 Å². The summed E-state index contributed by atoms with van der Waals surface area (Å²) in [5.41, 5.74) is 2.11. The Balaban J connectivity index is 1.25. The first-order valence-electron chi connectivity index (χ1n) is 11.0. The molecular weight excluding hydrogens is 350 g/mol. The van der Waals surface area contributed by atoms with Crippen LogP contribution in [0, 0.1) is 17.8 Å². The molecular formula is C23H33N3O2. The van der Waals surface area contributed by atoms with Crippen LogP contribution in [-0.2, 0) is 9.59 Å². The van der Waals surface area contributed by atoms with Crippen LogP contribution >= 0.6 is 0 Å². The van der Waals surface area contributed by atoms with Crippen LogP contribution in [0.1, 0.15) is 51.9 Å². The van der Waals surface area contributed by atoms with E-state index in [9.17, 15) is 9.59 Å². The second-order valence-corrected chi connectivity index (χ2v) is 8.93. The van der Waals surface area contributed by atoms with Gasteiger partial charge in [0.15, 0.2) is 0 Å². The standard InChI is InChI=1S/C23H33N3O2/c1-17-9-13-25(14-10-17)21-7-5-20(6-8-21)24-22(27)18-11-15-26(16-12-18)23(28)19-3-2-4-19/h5-8,17-19H,2-4,9-16H2,1H3,(H,24,27). The van der Waals surface area contributed by atoms with Crippen molar-refractivity contribution in [1.29, 1.82) is 0 Å². The molecule has 2 heterocycles. The highest BCUT2D eigenvalue weighted by Crippen LogP contribution is 2.30. The van der Waals surface area contributed by atoms with Crippen molar-refractivity contribution < 1.29 is 9.59 Å². The van der Waals surface area contributed by atoms with Crippen molar-refractivity contribution >= 4 is 23.2 Å². The molecule has 1 aromatic rings. The van der Waals surface area contributed by atoms with Gasteiger partial charge in [-0.15, -0.1) is 0 Å². The maximum atomic E-state index is 12.6. The molecule has 28 heavy (non-hydrogen) atoms. The van der Waals surface area contributed by atoms with Gasteiger partial charge in [-0.1, -0.05) is 13.3 Å². The molecule has 0 aromatic heterocycles. The summed E-state index contributed by atoms with van der Waals surface area (Å²) in [6.45, 7) is 6.00. The van der Waals surface area contributed by atoms with Crippen LogP contribution in [0.2, 0.25) is 0 Å². The molecule has 4 rings (SSSR count). The predicted octanol–water partition coefficient (Wildman–Crippen LogP) is 3.90. The van der Waals surface area contributed by atoms with E-state index in [4.69, 9.17) is 0 Å². The third-order valence-corrected chi connectivity index (χ3v) is 6.92. The third kappa shape index (κ3) is 4.34. The van der Waals surface area contributed by atoms with Crippen LogP contribution in [0.15, 0.2) is 24.3 Å². The number of rotatable bonds is 4. The lowest BCUT2D eigenvalue weighted by Crippen LogP contribution is -2.45. The van der Waals surface area contributed by atoms with E-state index in [2.05, 4.69) is 29.3 Å².